The summed E-state index contributed by atoms with van der Waals surface area (Å²) >= 11 is 11.7. The van der Waals surface area contributed by atoms with E-state index < -0.39 is 11.5 Å². The van der Waals surface area contributed by atoms with Gasteiger partial charge in [0.05, 0.1) is 0 Å². The summed E-state index contributed by atoms with van der Waals surface area (Å²) in [5, 5.41) is 9.30. The van der Waals surface area contributed by atoms with Crippen LogP contribution in [0.4, 0.5) is 5.69 Å². The highest BCUT2D eigenvalue weighted by Gasteiger charge is 2.38. The predicted molar refractivity (Wildman–Crippen MR) is 86.7 cm³/mol. The molecule has 0 saturated carbocycles. The Morgan fingerprint density at radius 2 is 2.00 bits per heavy atom. The van der Waals surface area contributed by atoms with Crippen molar-refractivity contribution in [1.29, 1.82) is 0 Å². The van der Waals surface area contributed by atoms with Crippen molar-refractivity contribution in [3.8, 4) is 0 Å². The van der Waals surface area contributed by atoms with Crippen LogP contribution in [0.2, 0.25) is 0 Å². The number of benzene rings is 1. The van der Waals surface area contributed by atoms with Gasteiger partial charge in [-0.2, -0.15) is 0 Å². The second-order valence-corrected chi connectivity index (χ2v) is 6.17. The number of nitrogens with zero attached hydrogens (tertiary/aromatic N) is 1. The Morgan fingerprint density at radius 1 is 1.33 bits per heavy atom. The molecule has 21 heavy (non-hydrogen) atoms. The Hall–Kier alpha value is -0.970. The van der Waals surface area contributed by atoms with Crippen molar-refractivity contribution in [3.63, 3.8) is 0 Å². The van der Waals surface area contributed by atoms with Crippen LogP contribution in [0.15, 0.2) is 18.2 Å². The summed E-state index contributed by atoms with van der Waals surface area (Å²) < 4.78 is 0. The van der Waals surface area contributed by atoms with Gasteiger partial charge in [0.25, 0.3) is 0 Å². The third kappa shape index (κ3) is 3.44. The van der Waals surface area contributed by atoms with Crippen LogP contribution >= 0.6 is 23.2 Å². The van der Waals surface area contributed by atoms with E-state index in [0.717, 1.165) is 24.3 Å². The molecule has 1 aliphatic carbocycles. The molecule has 3 N–H and O–H groups in total. The average Bonchev–Trinajstić information content (AvgIpc) is 2.46. The lowest BCUT2D eigenvalue weighted by Gasteiger charge is -2.34. The summed E-state index contributed by atoms with van der Waals surface area (Å²) in [5.41, 5.74) is 8.13. The monoisotopic (exact) mass is 330 g/mol. The smallest absolute Gasteiger partial charge is 0.324 e. The van der Waals surface area contributed by atoms with Gasteiger partial charge < -0.3 is 15.7 Å². The quantitative estimate of drug-likeness (QED) is 0.785. The van der Waals surface area contributed by atoms with E-state index in [1.165, 1.54) is 5.56 Å². The van der Waals surface area contributed by atoms with Gasteiger partial charge in [-0.3, -0.25) is 4.79 Å². The molecule has 0 aliphatic heterocycles. The lowest BCUT2D eigenvalue weighted by atomic mass is 9.78. The first-order valence-corrected chi connectivity index (χ1v) is 8.08. The summed E-state index contributed by atoms with van der Waals surface area (Å²) in [6.07, 6.45) is 1.47. The SMILES string of the molecule is NC1(C(=O)O)CCc2c(cccc2N(CCCl)CCCl)C1. The molecule has 0 fully saturated rings. The van der Waals surface area contributed by atoms with E-state index >= 15 is 0 Å². The molecule has 1 unspecified atom stereocenters. The summed E-state index contributed by atoms with van der Waals surface area (Å²) in [6, 6.07) is 5.95. The van der Waals surface area contributed by atoms with E-state index in [0.29, 0.717) is 31.0 Å². The normalized spacial score (nSPS) is 20.9. The Labute approximate surface area is 134 Å². The molecule has 1 atom stereocenters. The van der Waals surface area contributed by atoms with Gasteiger partial charge >= 0.3 is 5.97 Å². The fourth-order valence-electron chi connectivity index (χ4n) is 2.89. The van der Waals surface area contributed by atoms with Crippen LogP contribution in [0.1, 0.15) is 17.5 Å². The van der Waals surface area contributed by atoms with Gasteiger partial charge in [-0.15, -0.1) is 23.2 Å². The number of hydrogen-bond acceptors (Lipinski definition) is 3. The number of carboxylic acid groups (broad SMARTS) is 1. The van der Waals surface area contributed by atoms with Crippen molar-refractivity contribution in [3.05, 3.63) is 29.3 Å². The molecule has 1 aromatic rings. The molecule has 0 spiro atoms. The topological polar surface area (TPSA) is 66.6 Å². The first kappa shape index (κ1) is 16.4. The summed E-state index contributed by atoms with van der Waals surface area (Å²) in [6.45, 7) is 1.44. The third-order valence-corrected chi connectivity index (χ3v) is 4.39. The average molecular weight is 331 g/mol. The highest BCUT2D eigenvalue weighted by atomic mass is 35.5. The predicted octanol–water partition coefficient (Wildman–Crippen LogP) is 2.24. The van der Waals surface area contributed by atoms with E-state index in [-0.39, 0.29) is 0 Å². The molecule has 0 bridgehead atoms. The molecule has 1 aliphatic rings. The molecule has 4 nitrogen and oxygen atoms in total. The Morgan fingerprint density at radius 3 is 2.57 bits per heavy atom. The number of rotatable bonds is 6. The molecule has 1 aromatic carbocycles. The molecule has 6 heteroatoms. The maximum absolute atomic E-state index is 11.3. The van der Waals surface area contributed by atoms with Crippen LogP contribution in [0, 0.1) is 0 Å². The van der Waals surface area contributed by atoms with Gasteiger partial charge in [0.1, 0.15) is 5.54 Å². The maximum Gasteiger partial charge on any atom is 0.324 e. The summed E-state index contributed by atoms with van der Waals surface area (Å²) in [7, 11) is 0. The lowest BCUT2D eigenvalue weighted by Crippen LogP contribution is -2.52. The number of alkyl halides is 2. The second kappa shape index (κ2) is 6.86. The first-order valence-electron chi connectivity index (χ1n) is 7.02. The zero-order valence-electron chi connectivity index (χ0n) is 11.8. The zero-order chi connectivity index (χ0) is 15.5. The fourth-order valence-corrected chi connectivity index (χ4v) is 3.30. The van der Waals surface area contributed by atoms with Gasteiger partial charge in [-0.1, -0.05) is 12.1 Å². The summed E-state index contributed by atoms with van der Waals surface area (Å²) in [5.74, 6) is 0.115. The van der Waals surface area contributed by atoms with E-state index in [1.54, 1.807) is 0 Å². The van der Waals surface area contributed by atoms with Gasteiger partial charge in [0.2, 0.25) is 0 Å². The van der Waals surface area contributed by atoms with Gasteiger partial charge in [0, 0.05) is 37.0 Å². The summed E-state index contributed by atoms with van der Waals surface area (Å²) in [4.78, 5) is 13.5. The molecule has 2 rings (SSSR count). The highest BCUT2D eigenvalue weighted by Crippen LogP contribution is 2.34. The molecular weight excluding hydrogens is 311 g/mol. The van der Waals surface area contributed by atoms with Gasteiger partial charge in [0.15, 0.2) is 0 Å². The van der Waals surface area contributed by atoms with E-state index in [1.807, 2.05) is 18.2 Å². The fraction of sp³-hybridized carbons (Fsp3) is 0.533. The van der Waals surface area contributed by atoms with Crippen molar-refractivity contribution in [1.82, 2.24) is 0 Å². The lowest BCUT2D eigenvalue weighted by molar-refractivity contribution is -0.143. The van der Waals surface area contributed by atoms with E-state index in [2.05, 4.69) is 4.90 Å². The molecule has 0 heterocycles. The second-order valence-electron chi connectivity index (χ2n) is 5.42. The Balaban J connectivity index is 2.34. The number of anilines is 1. The zero-order valence-corrected chi connectivity index (χ0v) is 13.3. The van der Waals surface area contributed by atoms with E-state index in [4.69, 9.17) is 28.9 Å². The van der Waals surface area contributed by atoms with Crippen LogP contribution in [0.3, 0.4) is 0 Å². The van der Waals surface area contributed by atoms with Crippen molar-refractivity contribution in [2.24, 2.45) is 5.73 Å². The molecule has 0 aromatic heterocycles. The minimum Gasteiger partial charge on any atom is -0.480 e. The Bertz CT molecular complexity index is 518. The van der Waals surface area contributed by atoms with Crippen molar-refractivity contribution >= 4 is 34.9 Å². The number of halogens is 2. The van der Waals surface area contributed by atoms with Crippen LogP contribution < -0.4 is 10.6 Å². The number of nitrogens with two attached hydrogens (primary N) is 1. The van der Waals surface area contributed by atoms with Crippen LogP contribution in [-0.4, -0.2) is 41.5 Å². The molecule has 0 saturated heterocycles. The van der Waals surface area contributed by atoms with Crippen LogP contribution in [0.25, 0.3) is 0 Å². The number of hydrogen-bond donors (Lipinski definition) is 2. The minimum absolute atomic E-state index is 0.362. The maximum atomic E-state index is 11.3. The van der Waals surface area contributed by atoms with Crippen molar-refractivity contribution < 1.29 is 9.90 Å². The number of carbonyl (C=O) groups is 1. The number of fused-ring (bicyclic) bond motifs is 1. The largest absolute Gasteiger partial charge is 0.480 e. The number of aliphatic carboxylic acids is 1. The van der Waals surface area contributed by atoms with E-state index in [9.17, 15) is 9.90 Å². The minimum atomic E-state index is -1.16. The molecule has 0 amide bonds. The van der Waals surface area contributed by atoms with Crippen molar-refractivity contribution in [2.45, 2.75) is 24.8 Å². The van der Waals surface area contributed by atoms with Gasteiger partial charge in [-0.05, 0) is 30.0 Å². The Kier molecular flexibility index (Phi) is 5.36. The van der Waals surface area contributed by atoms with Gasteiger partial charge in [-0.25, -0.2) is 0 Å². The molecule has 116 valence electrons. The standard InChI is InChI=1S/C15H20Cl2N2O2/c16-6-8-19(9-7-17)13-3-1-2-11-10-15(18,14(20)21)5-4-12(11)13/h1-3H,4-10,18H2,(H,20,21). The molecule has 0 radical (unpaired) electrons. The highest BCUT2D eigenvalue weighted by molar-refractivity contribution is 6.18. The molecular formula is C15H20Cl2N2O2. The van der Waals surface area contributed by atoms with Crippen LogP contribution in [0.5, 0.6) is 0 Å². The van der Waals surface area contributed by atoms with Crippen LogP contribution in [-0.2, 0) is 17.6 Å². The number of carboxylic acids is 1. The first-order chi connectivity index (χ1) is 10.0. The third-order valence-electron chi connectivity index (χ3n) is 4.05. The van der Waals surface area contributed by atoms with Crippen molar-refractivity contribution in [2.75, 3.05) is 29.7 Å².